The van der Waals surface area contributed by atoms with Crippen molar-refractivity contribution in [2.75, 3.05) is 10.0 Å². The van der Waals surface area contributed by atoms with Gasteiger partial charge in [0.25, 0.3) is 25.8 Å². The number of carbonyl (C=O) groups is 1. The normalized spacial score (nSPS) is 11.4. The molecular formula is C21H20N6O4S2. The number of nitrogens with zero attached hydrogens (tertiary/aromatic N) is 4. The molecule has 2 heterocycles. The third-order valence-corrected chi connectivity index (χ3v) is 7.52. The Morgan fingerprint density at radius 1 is 1.00 bits per heavy atom. The number of anilines is 2. The molecule has 0 aliphatic rings. The van der Waals surface area contributed by atoms with E-state index in [1.54, 1.807) is 67.2 Å². The van der Waals surface area contributed by atoms with E-state index in [9.17, 15) is 18.0 Å². The lowest BCUT2D eigenvalue weighted by atomic mass is 10.1. The first-order valence-electron chi connectivity index (χ1n) is 9.76. The van der Waals surface area contributed by atoms with Crippen LogP contribution in [0.15, 0.2) is 63.7 Å². The Balaban J connectivity index is 1.58. The number of rotatable bonds is 6. The average Bonchev–Trinajstić information content (AvgIpc) is 3.34. The Morgan fingerprint density at radius 3 is 2.33 bits per heavy atom. The van der Waals surface area contributed by atoms with E-state index in [0.717, 1.165) is 5.56 Å². The second kappa shape index (κ2) is 8.64. The first-order chi connectivity index (χ1) is 15.7. The summed E-state index contributed by atoms with van der Waals surface area (Å²) in [6.07, 6.45) is 0. The molecule has 0 radical (unpaired) electrons. The van der Waals surface area contributed by atoms with Crippen molar-refractivity contribution < 1.29 is 13.2 Å². The first-order valence-corrected chi connectivity index (χ1v) is 12.1. The summed E-state index contributed by atoms with van der Waals surface area (Å²) in [6.45, 7) is 3.53. The van der Waals surface area contributed by atoms with E-state index in [4.69, 9.17) is 0 Å². The predicted octanol–water partition coefficient (Wildman–Crippen LogP) is 2.70. The molecule has 0 bridgehead atoms. The fourth-order valence-electron chi connectivity index (χ4n) is 3.11. The van der Waals surface area contributed by atoms with Gasteiger partial charge in [-0.2, -0.15) is 8.42 Å². The highest BCUT2D eigenvalue weighted by Gasteiger charge is 2.26. The summed E-state index contributed by atoms with van der Waals surface area (Å²) in [5.41, 5.74) is 1.80. The van der Waals surface area contributed by atoms with Crippen molar-refractivity contribution in [1.29, 1.82) is 0 Å². The molecule has 33 heavy (non-hydrogen) atoms. The van der Waals surface area contributed by atoms with E-state index in [2.05, 4.69) is 20.2 Å². The largest absolute Gasteiger partial charge is 0.296 e. The molecule has 4 rings (SSSR count). The molecule has 1 amide bonds. The first kappa shape index (κ1) is 22.4. The second-order valence-electron chi connectivity index (χ2n) is 7.24. The number of benzene rings is 2. The van der Waals surface area contributed by atoms with Gasteiger partial charge in [-0.1, -0.05) is 47.2 Å². The second-order valence-corrected chi connectivity index (χ2v) is 10.1. The molecule has 0 aliphatic heterocycles. The fourth-order valence-corrected chi connectivity index (χ4v) is 5.12. The quantitative estimate of drug-likeness (QED) is 0.405. The van der Waals surface area contributed by atoms with Gasteiger partial charge in [-0.3, -0.25) is 24.3 Å². The van der Waals surface area contributed by atoms with Crippen LogP contribution in [0.25, 0.3) is 5.69 Å². The monoisotopic (exact) mass is 484 g/mol. The zero-order valence-electron chi connectivity index (χ0n) is 17.9. The number of para-hydroxylation sites is 1. The lowest BCUT2D eigenvalue weighted by Crippen LogP contribution is -2.23. The Labute approximate surface area is 193 Å². The summed E-state index contributed by atoms with van der Waals surface area (Å²) in [5, 5.41) is 9.99. The minimum Gasteiger partial charge on any atom is -0.296 e. The molecule has 170 valence electrons. The van der Waals surface area contributed by atoms with Crippen molar-refractivity contribution >= 4 is 38.1 Å². The molecule has 0 atom stereocenters. The summed E-state index contributed by atoms with van der Waals surface area (Å²) in [7, 11) is -2.55. The predicted molar refractivity (Wildman–Crippen MR) is 126 cm³/mol. The van der Waals surface area contributed by atoms with Gasteiger partial charge in [-0.05, 0) is 38.1 Å². The molecule has 2 N–H and O–H groups in total. The standard InChI is InChI=1S/C21H20N6O4S2/c1-13-9-11-15(12-10-13)18(28)22-20-23-24-21(32-20)33(30,31)25-17-14(2)26(3)27(19(17)29)16-7-5-4-6-8-16/h4-12,25H,1-3H3,(H,22,23,28). The van der Waals surface area contributed by atoms with Gasteiger partial charge in [-0.25, -0.2) is 4.68 Å². The highest BCUT2D eigenvalue weighted by atomic mass is 32.2. The van der Waals surface area contributed by atoms with Crippen molar-refractivity contribution in [3.63, 3.8) is 0 Å². The van der Waals surface area contributed by atoms with Gasteiger partial charge in [0, 0.05) is 12.6 Å². The van der Waals surface area contributed by atoms with Gasteiger partial charge in [0.05, 0.1) is 11.4 Å². The fraction of sp³-hybridized carbons (Fsp3) is 0.143. The molecule has 12 heteroatoms. The molecule has 0 fully saturated rings. The number of aromatic nitrogens is 4. The maximum Gasteiger partial charge on any atom is 0.296 e. The number of nitrogens with one attached hydrogen (secondary N) is 2. The van der Waals surface area contributed by atoms with E-state index in [-0.39, 0.29) is 15.2 Å². The highest BCUT2D eigenvalue weighted by molar-refractivity contribution is 7.94. The summed E-state index contributed by atoms with van der Waals surface area (Å²) >= 11 is 0.684. The summed E-state index contributed by atoms with van der Waals surface area (Å²) in [4.78, 5) is 25.3. The number of amides is 1. The maximum atomic E-state index is 13.0. The van der Waals surface area contributed by atoms with Gasteiger partial charge in [-0.15, -0.1) is 10.2 Å². The lowest BCUT2D eigenvalue weighted by Gasteiger charge is -2.07. The van der Waals surface area contributed by atoms with Crippen molar-refractivity contribution in [1.82, 2.24) is 19.6 Å². The van der Waals surface area contributed by atoms with Crippen LogP contribution >= 0.6 is 11.3 Å². The van der Waals surface area contributed by atoms with E-state index < -0.39 is 21.5 Å². The van der Waals surface area contributed by atoms with Gasteiger partial charge < -0.3 is 0 Å². The average molecular weight is 485 g/mol. The van der Waals surface area contributed by atoms with Crippen LogP contribution in [0.2, 0.25) is 0 Å². The number of hydrogen-bond acceptors (Lipinski definition) is 7. The van der Waals surface area contributed by atoms with Crippen LogP contribution in [0, 0.1) is 13.8 Å². The summed E-state index contributed by atoms with van der Waals surface area (Å²) in [5.74, 6) is -0.437. The molecule has 2 aromatic carbocycles. The molecule has 2 aromatic heterocycles. The molecule has 0 spiro atoms. The van der Waals surface area contributed by atoms with E-state index >= 15 is 0 Å². The molecule has 4 aromatic rings. The topological polar surface area (TPSA) is 128 Å². The Kier molecular flexibility index (Phi) is 5.87. The molecule has 0 aliphatic carbocycles. The minimum atomic E-state index is -4.21. The molecule has 0 saturated carbocycles. The highest BCUT2D eigenvalue weighted by Crippen LogP contribution is 2.24. The van der Waals surface area contributed by atoms with E-state index in [1.165, 1.54) is 4.68 Å². The summed E-state index contributed by atoms with van der Waals surface area (Å²) in [6, 6.07) is 15.8. The zero-order valence-corrected chi connectivity index (χ0v) is 19.6. The number of aryl methyl sites for hydroxylation is 1. The number of carbonyl (C=O) groups excluding carboxylic acids is 1. The Morgan fingerprint density at radius 2 is 1.67 bits per heavy atom. The molecule has 10 nitrogen and oxygen atoms in total. The smallest absolute Gasteiger partial charge is 0.296 e. The van der Waals surface area contributed by atoms with Gasteiger partial charge in [0.2, 0.25) is 5.13 Å². The van der Waals surface area contributed by atoms with Crippen molar-refractivity contribution in [2.24, 2.45) is 7.05 Å². The van der Waals surface area contributed by atoms with Crippen LogP contribution in [0.1, 0.15) is 21.6 Å². The van der Waals surface area contributed by atoms with Gasteiger partial charge in [0.15, 0.2) is 0 Å². The number of hydrogen-bond donors (Lipinski definition) is 2. The van der Waals surface area contributed by atoms with Crippen LogP contribution < -0.4 is 15.6 Å². The van der Waals surface area contributed by atoms with Crippen LogP contribution in [0.4, 0.5) is 10.8 Å². The van der Waals surface area contributed by atoms with Crippen molar-refractivity contribution in [3.8, 4) is 5.69 Å². The summed E-state index contributed by atoms with van der Waals surface area (Å²) < 4.78 is 30.7. The van der Waals surface area contributed by atoms with Crippen LogP contribution in [0.3, 0.4) is 0 Å². The Hall–Kier alpha value is -3.77. The molecule has 0 unspecified atom stereocenters. The van der Waals surface area contributed by atoms with Crippen LogP contribution in [0.5, 0.6) is 0 Å². The third-order valence-electron chi connectivity index (χ3n) is 4.96. The number of sulfonamides is 1. The molecule has 0 saturated heterocycles. The van der Waals surface area contributed by atoms with E-state index in [1.807, 2.05) is 13.0 Å². The van der Waals surface area contributed by atoms with Crippen molar-refractivity contribution in [2.45, 2.75) is 18.2 Å². The lowest BCUT2D eigenvalue weighted by molar-refractivity contribution is 0.102. The van der Waals surface area contributed by atoms with E-state index in [0.29, 0.717) is 28.3 Å². The van der Waals surface area contributed by atoms with Crippen LogP contribution in [-0.4, -0.2) is 33.9 Å². The van der Waals surface area contributed by atoms with Gasteiger partial charge in [0.1, 0.15) is 5.69 Å². The van der Waals surface area contributed by atoms with Crippen molar-refractivity contribution in [3.05, 3.63) is 81.8 Å². The Bertz CT molecular complexity index is 1490. The SMILES string of the molecule is Cc1ccc(C(=O)Nc2nnc(S(=O)(=O)Nc3c(C)n(C)n(-c4ccccc4)c3=O)s2)cc1. The molecular weight excluding hydrogens is 464 g/mol. The minimum absolute atomic E-state index is 0.0208. The van der Waals surface area contributed by atoms with Gasteiger partial charge >= 0.3 is 0 Å². The zero-order chi connectivity index (χ0) is 23.8. The third kappa shape index (κ3) is 4.43. The van der Waals surface area contributed by atoms with Crippen LogP contribution in [-0.2, 0) is 17.1 Å². The maximum absolute atomic E-state index is 13.0.